The van der Waals surface area contributed by atoms with Gasteiger partial charge in [0.2, 0.25) is 6.29 Å². The summed E-state index contributed by atoms with van der Waals surface area (Å²) in [7, 11) is 0. The van der Waals surface area contributed by atoms with Crippen LogP contribution in [0.2, 0.25) is 0 Å². The van der Waals surface area contributed by atoms with E-state index in [-0.39, 0.29) is 28.2 Å². The first-order valence-corrected chi connectivity index (χ1v) is 12.7. The first-order valence-electron chi connectivity index (χ1n) is 12.7. The third-order valence-corrected chi connectivity index (χ3v) is 7.11. The van der Waals surface area contributed by atoms with Crippen LogP contribution in [0.3, 0.4) is 0 Å². The second kappa shape index (κ2) is 11.5. The summed E-state index contributed by atoms with van der Waals surface area (Å²) in [4.78, 5) is 12.8. The van der Waals surface area contributed by atoms with Crippen molar-refractivity contribution in [1.29, 1.82) is 0 Å². The summed E-state index contributed by atoms with van der Waals surface area (Å²) in [5.74, 6) is -0.498. The van der Waals surface area contributed by atoms with E-state index >= 15 is 0 Å². The van der Waals surface area contributed by atoms with Crippen LogP contribution in [0.25, 0.3) is 22.3 Å². The van der Waals surface area contributed by atoms with E-state index in [2.05, 4.69) is 0 Å². The van der Waals surface area contributed by atoms with Gasteiger partial charge < -0.3 is 64.2 Å². The van der Waals surface area contributed by atoms with E-state index < -0.39 is 79.2 Å². The van der Waals surface area contributed by atoms with Crippen LogP contribution in [0.5, 0.6) is 17.2 Å². The SMILES string of the molecule is C[C@@H]1O[C@@H](O[C@@H]2[C@H](Oc3cc(O)c4c(=O)cc(-c5ccc(O)cc5)oc4c3)O[C@H](CO)[C@@H](O)[C@@H]2O)[C@H](O)[C@H](O)[C@H]1O. The van der Waals surface area contributed by atoms with Gasteiger partial charge in [0.05, 0.1) is 12.7 Å². The molecule has 2 aromatic carbocycles. The largest absolute Gasteiger partial charge is 0.508 e. The number of phenols is 2. The Kier molecular flexibility index (Phi) is 8.20. The lowest BCUT2D eigenvalue weighted by Crippen LogP contribution is -2.64. The molecular weight excluding hydrogens is 548 g/mol. The third-order valence-electron chi connectivity index (χ3n) is 7.11. The number of aromatic hydroxyl groups is 2. The molecular formula is C27H30O14. The number of hydrogen-bond donors (Lipinski definition) is 8. The van der Waals surface area contributed by atoms with Crippen molar-refractivity contribution in [3.05, 3.63) is 52.7 Å². The van der Waals surface area contributed by atoms with Gasteiger partial charge in [0.25, 0.3) is 0 Å². The number of phenolic OH excluding ortho intramolecular Hbond substituents is 2. The predicted molar refractivity (Wildman–Crippen MR) is 137 cm³/mol. The van der Waals surface area contributed by atoms with Crippen molar-refractivity contribution in [3.8, 4) is 28.6 Å². The molecule has 0 bridgehead atoms. The van der Waals surface area contributed by atoms with Crippen LogP contribution in [0.4, 0.5) is 0 Å². The molecule has 1 aromatic heterocycles. The van der Waals surface area contributed by atoms with Crippen LogP contribution < -0.4 is 10.2 Å². The summed E-state index contributed by atoms with van der Waals surface area (Å²) in [6.07, 6.45) is -15.3. The van der Waals surface area contributed by atoms with Crippen molar-refractivity contribution in [2.75, 3.05) is 6.61 Å². The first kappa shape index (κ1) is 29.2. The second-order valence-corrected chi connectivity index (χ2v) is 9.94. The molecule has 0 saturated carbocycles. The number of benzene rings is 2. The zero-order chi connectivity index (χ0) is 29.6. The van der Waals surface area contributed by atoms with Crippen LogP contribution in [0.1, 0.15) is 6.92 Å². The van der Waals surface area contributed by atoms with Gasteiger partial charge in [-0.05, 0) is 31.2 Å². The van der Waals surface area contributed by atoms with Crippen molar-refractivity contribution in [1.82, 2.24) is 0 Å². The van der Waals surface area contributed by atoms with Gasteiger partial charge in [-0.1, -0.05) is 0 Å². The molecule has 3 heterocycles. The van der Waals surface area contributed by atoms with Crippen molar-refractivity contribution in [2.45, 2.75) is 68.3 Å². The minimum Gasteiger partial charge on any atom is -0.508 e. The van der Waals surface area contributed by atoms with Gasteiger partial charge in [0.15, 0.2) is 17.8 Å². The molecule has 2 aliphatic rings. The average molecular weight is 579 g/mol. The zero-order valence-corrected chi connectivity index (χ0v) is 21.5. The monoisotopic (exact) mass is 578 g/mol. The molecule has 0 unspecified atom stereocenters. The highest BCUT2D eigenvalue weighted by atomic mass is 16.8. The smallest absolute Gasteiger partial charge is 0.229 e. The molecule has 0 radical (unpaired) electrons. The molecule has 41 heavy (non-hydrogen) atoms. The van der Waals surface area contributed by atoms with Gasteiger partial charge in [-0.25, -0.2) is 0 Å². The maximum absolute atomic E-state index is 12.8. The fourth-order valence-electron chi connectivity index (χ4n) is 4.79. The van der Waals surface area contributed by atoms with Crippen LogP contribution in [0.15, 0.2) is 51.7 Å². The van der Waals surface area contributed by atoms with Crippen molar-refractivity contribution in [3.63, 3.8) is 0 Å². The molecule has 222 valence electrons. The first-order chi connectivity index (χ1) is 19.5. The van der Waals surface area contributed by atoms with Gasteiger partial charge in [-0.15, -0.1) is 0 Å². The van der Waals surface area contributed by atoms with E-state index in [1.165, 1.54) is 43.3 Å². The number of hydrogen-bond acceptors (Lipinski definition) is 14. The fraction of sp³-hybridized carbons (Fsp3) is 0.444. The van der Waals surface area contributed by atoms with E-state index in [0.29, 0.717) is 5.56 Å². The summed E-state index contributed by atoms with van der Waals surface area (Å²) in [6.45, 7) is 0.704. The summed E-state index contributed by atoms with van der Waals surface area (Å²) in [5.41, 5.74) is -0.182. The number of aliphatic hydroxyl groups is 6. The lowest BCUT2D eigenvalue weighted by Gasteiger charge is -2.45. The molecule has 0 aliphatic carbocycles. The Balaban J connectivity index is 1.47. The molecule has 0 spiro atoms. The second-order valence-electron chi connectivity index (χ2n) is 9.94. The van der Waals surface area contributed by atoms with Gasteiger partial charge in [-0.3, -0.25) is 4.79 Å². The zero-order valence-electron chi connectivity index (χ0n) is 21.5. The molecule has 2 fully saturated rings. The topological polar surface area (TPSA) is 229 Å². The Hall–Kier alpha value is -3.31. The van der Waals surface area contributed by atoms with E-state index in [1.54, 1.807) is 0 Å². The van der Waals surface area contributed by atoms with E-state index in [1.807, 2.05) is 0 Å². The van der Waals surface area contributed by atoms with Crippen LogP contribution in [0, 0.1) is 0 Å². The van der Waals surface area contributed by atoms with E-state index in [9.17, 15) is 45.6 Å². The third kappa shape index (κ3) is 5.61. The molecule has 10 atom stereocenters. The number of rotatable bonds is 6. The molecule has 14 nitrogen and oxygen atoms in total. The molecule has 2 saturated heterocycles. The van der Waals surface area contributed by atoms with Gasteiger partial charge in [0, 0.05) is 23.8 Å². The van der Waals surface area contributed by atoms with Crippen molar-refractivity contribution >= 4 is 11.0 Å². The van der Waals surface area contributed by atoms with E-state index in [0.717, 1.165) is 6.07 Å². The fourth-order valence-corrected chi connectivity index (χ4v) is 4.79. The Labute approximate surface area is 231 Å². The highest BCUT2D eigenvalue weighted by molar-refractivity contribution is 5.86. The molecule has 5 rings (SSSR count). The molecule has 3 aromatic rings. The predicted octanol–water partition coefficient (Wildman–Crippen LogP) is -1.10. The summed E-state index contributed by atoms with van der Waals surface area (Å²) >= 11 is 0. The summed E-state index contributed by atoms with van der Waals surface area (Å²) in [6, 6.07) is 9.38. The highest BCUT2D eigenvalue weighted by Crippen LogP contribution is 2.35. The summed E-state index contributed by atoms with van der Waals surface area (Å²) < 4.78 is 28.4. The van der Waals surface area contributed by atoms with Gasteiger partial charge in [0.1, 0.15) is 70.6 Å². The van der Waals surface area contributed by atoms with Crippen LogP contribution in [-0.4, -0.2) is 109 Å². The Morgan fingerprint density at radius 1 is 0.829 bits per heavy atom. The molecule has 8 N–H and O–H groups in total. The normalized spacial score (nSPS) is 34.0. The van der Waals surface area contributed by atoms with Gasteiger partial charge >= 0.3 is 0 Å². The highest BCUT2D eigenvalue weighted by Gasteiger charge is 2.50. The maximum atomic E-state index is 12.8. The lowest BCUT2D eigenvalue weighted by molar-refractivity contribution is -0.354. The maximum Gasteiger partial charge on any atom is 0.229 e. The molecule has 0 amide bonds. The molecule has 2 aliphatic heterocycles. The number of fused-ring (bicyclic) bond motifs is 1. The van der Waals surface area contributed by atoms with Gasteiger partial charge in [-0.2, -0.15) is 0 Å². The quantitative estimate of drug-likeness (QED) is 0.174. The Morgan fingerprint density at radius 3 is 2.22 bits per heavy atom. The minimum absolute atomic E-state index is 0.00857. The Bertz CT molecular complexity index is 1420. The minimum atomic E-state index is -1.76. The Morgan fingerprint density at radius 2 is 1.54 bits per heavy atom. The standard InChI is InChI=1S/C27H30O14/c1-10-20(32)22(34)24(36)26(37-10)41-25-23(35)21(33)18(9-28)40-27(25)38-13-6-14(30)19-15(31)8-16(39-17(19)7-13)11-2-4-12(29)5-3-11/h2-8,10,18,20-30,32-36H,9H2,1H3/t10-,18+,20-,21+,22+,23-,24+,25-,26-,27+/m0/s1. The number of ether oxygens (including phenoxy) is 4. The van der Waals surface area contributed by atoms with E-state index in [4.69, 9.17) is 23.4 Å². The summed E-state index contributed by atoms with van der Waals surface area (Å²) in [5, 5.41) is 81.4. The molecule has 14 heteroatoms. The van der Waals surface area contributed by atoms with Crippen LogP contribution in [-0.2, 0) is 14.2 Å². The van der Waals surface area contributed by atoms with Crippen LogP contribution >= 0.6 is 0 Å². The van der Waals surface area contributed by atoms with Crippen molar-refractivity contribution < 1.29 is 64.2 Å². The lowest BCUT2D eigenvalue weighted by atomic mass is 9.97. The number of aliphatic hydroxyl groups excluding tert-OH is 6. The van der Waals surface area contributed by atoms with Crippen molar-refractivity contribution in [2.24, 2.45) is 0 Å². The average Bonchev–Trinajstić information content (AvgIpc) is 2.94.